The van der Waals surface area contributed by atoms with E-state index in [0.717, 1.165) is 11.3 Å². The fourth-order valence-corrected chi connectivity index (χ4v) is 3.08. The van der Waals surface area contributed by atoms with Crippen molar-refractivity contribution in [1.82, 2.24) is 0 Å². The number of carbonyl (C=O) groups is 1. The van der Waals surface area contributed by atoms with E-state index in [1.165, 1.54) is 26.2 Å². The second-order valence-electron chi connectivity index (χ2n) is 4.32. The molecule has 0 aromatic carbocycles. The van der Waals surface area contributed by atoms with Gasteiger partial charge in [0, 0.05) is 10.9 Å². The number of nitro groups is 1. The van der Waals surface area contributed by atoms with Gasteiger partial charge in [0.1, 0.15) is 17.4 Å². The highest BCUT2D eigenvalue weighted by atomic mass is 32.1. The molecule has 114 valence electrons. The van der Waals surface area contributed by atoms with E-state index < -0.39 is 16.8 Å². The van der Waals surface area contributed by atoms with Gasteiger partial charge < -0.3 is 15.2 Å². The number of thiophene rings is 1. The van der Waals surface area contributed by atoms with E-state index in [0.29, 0.717) is 4.88 Å². The molecule has 0 saturated heterocycles. The number of nitrogens with two attached hydrogens (primary N) is 1. The Labute approximate surface area is 129 Å². The minimum atomic E-state index is -0.843. The van der Waals surface area contributed by atoms with Gasteiger partial charge in [-0.05, 0) is 13.0 Å². The minimum Gasteiger partial charge on any atom is -0.466 e. The lowest BCUT2D eigenvalue weighted by Crippen LogP contribution is -2.24. The topological polar surface area (TPSA) is 128 Å². The largest absolute Gasteiger partial charge is 0.466 e. The molecular formula is C13H11N3O5S. The maximum Gasteiger partial charge on any atom is 0.338 e. The van der Waals surface area contributed by atoms with Gasteiger partial charge >= 0.3 is 11.0 Å². The third-order valence-corrected chi connectivity index (χ3v) is 4.19. The number of methoxy groups -OCH3 is 1. The standard InChI is InChI=1S/C13H11N3O5S/c1-6-10(13(17)20-2)11(7(5-14)12(15)21-6)8-3-4-9(22-8)16(18)19/h3-4,11H,15H2,1-2H3. The van der Waals surface area contributed by atoms with E-state index in [2.05, 4.69) is 0 Å². The maximum atomic E-state index is 12.0. The molecule has 9 heteroatoms. The molecule has 0 radical (unpaired) electrons. The first-order chi connectivity index (χ1) is 10.4. The SMILES string of the molecule is COC(=O)C1=C(C)OC(N)=C(C#N)C1c1ccc([N+](=O)[O-])s1. The number of hydrogen-bond donors (Lipinski definition) is 1. The Balaban J connectivity index is 2.62. The number of ether oxygens (including phenoxy) is 2. The highest BCUT2D eigenvalue weighted by molar-refractivity contribution is 7.15. The van der Waals surface area contributed by atoms with Gasteiger partial charge in [-0.1, -0.05) is 11.3 Å². The third-order valence-electron chi connectivity index (χ3n) is 3.09. The lowest BCUT2D eigenvalue weighted by Gasteiger charge is -2.25. The Morgan fingerprint density at radius 3 is 2.77 bits per heavy atom. The normalized spacial score (nSPS) is 17.8. The van der Waals surface area contributed by atoms with Gasteiger partial charge in [0.25, 0.3) is 0 Å². The zero-order chi connectivity index (χ0) is 16.4. The fourth-order valence-electron chi connectivity index (χ4n) is 2.14. The molecule has 0 aliphatic carbocycles. The van der Waals surface area contributed by atoms with E-state index >= 15 is 0 Å². The average Bonchev–Trinajstić information content (AvgIpc) is 2.95. The van der Waals surface area contributed by atoms with E-state index in [-0.39, 0.29) is 27.8 Å². The third kappa shape index (κ3) is 2.51. The van der Waals surface area contributed by atoms with Crippen molar-refractivity contribution in [3.05, 3.63) is 49.9 Å². The molecule has 2 heterocycles. The molecule has 1 atom stereocenters. The Hall–Kier alpha value is -2.86. The van der Waals surface area contributed by atoms with E-state index in [1.807, 2.05) is 6.07 Å². The summed E-state index contributed by atoms with van der Waals surface area (Å²) in [4.78, 5) is 22.7. The van der Waals surface area contributed by atoms with Crippen molar-refractivity contribution in [3.8, 4) is 6.07 Å². The number of carbonyl (C=O) groups excluding carboxylic acids is 1. The van der Waals surface area contributed by atoms with Crippen LogP contribution in [0.1, 0.15) is 17.7 Å². The molecule has 2 rings (SSSR count). The Morgan fingerprint density at radius 2 is 2.27 bits per heavy atom. The zero-order valence-corrected chi connectivity index (χ0v) is 12.5. The monoisotopic (exact) mass is 321 g/mol. The van der Waals surface area contributed by atoms with Crippen LogP contribution in [0.4, 0.5) is 5.00 Å². The summed E-state index contributed by atoms with van der Waals surface area (Å²) < 4.78 is 9.93. The van der Waals surface area contributed by atoms with Crippen molar-refractivity contribution in [3.63, 3.8) is 0 Å². The molecule has 0 spiro atoms. The Bertz CT molecular complexity index is 756. The molecule has 1 aliphatic rings. The summed E-state index contributed by atoms with van der Waals surface area (Å²) in [5.41, 5.74) is 5.82. The maximum absolute atomic E-state index is 12.0. The molecule has 1 aromatic rings. The van der Waals surface area contributed by atoms with Crippen LogP contribution in [0.15, 0.2) is 34.9 Å². The summed E-state index contributed by atoms with van der Waals surface area (Å²) in [5, 5.41) is 20.0. The van der Waals surface area contributed by atoms with E-state index in [4.69, 9.17) is 15.2 Å². The molecule has 0 bridgehead atoms. The van der Waals surface area contributed by atoms with E-state index in [1.54, 1.807) is 0 Å². The van der Waals surface area contributed by atoms with Crippen molar-refractivity contribution >= 4 is 22.3 Å². The number of rotatable bonds is 3. The van der Waals surface area contributed by atoms with Crippen molar-refractivity contribution in [2.75, 3.05) is 7.11 Å². The van der Waals surface area contributed by atoms with Crippen LogP contribution in [0.3, 0.4) is 0 Å². The van der Waals surface area contributed by atoms with Crippen molar-refractivity contribution in [2.45, 2.75) is 12.8 Å². The van der Waals surface area contributed by atoms with Crippen LogP contribution in [0.5, 0.6) is 0 Å². The molecule has 1 unspecified atom stereocenters. The minimum absolute atomic E-state index is 0.0164. The van der Waals surface area contributed by atoms with Gasteiger partial charge in [-0.25, -0.2) is 4.79 Å². The summed E-state index contributed by atoms with van der Waals surface area (Å²) in [6.45, 7) is 1.52. The van der Waals surface area contributed by atoms with Crippen LogP contribution in [0, 0.1) is 21.4 Å². The molecule has 1 aromatic heterocycles. The Morgan fingerprint density at radius 1 is 1.59 bits per heavy atom. The number of esters is 1. The molecule has 1 aliphatic heterocycles. The summed E-state index contributed by atoms with van der Waals surface area (Å²) in [7, 11) is 1.20. The van der Waals surface area contributed by atoms with Gasteiger partial charge in [-0.3, -0.25) is 10.1 Å². The number of nitrogens with zero attached hydrogens (tertiary/aromatic N) is 2. The molecule has 0 saturated carbocycles. The average molecular weight is 321 g/mol. The van der Waals surface area contributed by atoms with Crippen LogP contribution in [0.2, 0.25) is 0 Å². The highest BCUT2D eigenvalue weighted by Gasteiger charge is 2.37. The van der Waals surface area contributed by atoms with Gasteiger partial charge in [-0.2, -0.15) is 5.26 Å². The predicted octanol–water partition coefficient (Wildman–Crippen LogP) is 1.91. The molecule has 2 N–H and O–H groups in total. The van der Waals surface area contributed by atoms with Crippen molar-refractivity contribution < 1.29 is 19.2 Å². The number of nitriles is 1. The van der Waals surface area contributed by atoms with Crippen LogP contribution < -0.4 is 5.73 Å². The van der Waals surface area contributed by atoms with Crippen molar-refractivity contribution in [2.24, 2.45) is 5.73 Å². The summed E-state index contributed by atoms with van der Waals surface area (Å²) in [5.74, 6) is -1.46. The summed E-state index contributed by atoms with van der Waals surface area (Å²) in [6, 6.07) is 4.69. The molecule has 0 fully saturated rings. The lowest BCUT2D eigenvalue weighted by atomic mass is 9.87. The second kappa shape index (κ2) is 5.87. The predicted molar refractivity (Wildman–Crippen MR) is 76.3 cm³/mol. The smallest absolute Gasteiger partial charge is 0.338 e. The van der Waals surface area contributed by atoms with Gasteiger partial charge in [-0.15, -0.1) is 0 Å². The molecule has 22 heavy (non-hydrogen) atoms. The highest BCUT2D eigenvalue weighted by Crippen LogP contribution is 2.43. The number of hydrogen-bond acceptors (Lipinski definition) is 8. The molecule has 0 amide bonds. The Kier molecular flexibility index (Phi) is 4.14. The van der Waals surface area contributed by atoms with Crippen molar-refractivity contribution in [1.29, 1.82) is 5.26 Å². The first-order valence-electron chi connectivity index (χ1n) is 6.01. The molecular weight excluding hydrogens is 310 g/mol. The second-order valence-corrected chi connectivity index (χ2v) is 5.41. The van der Waals surface area contributed by atoms with Gasteiger partial charge in [0.15, 0.2) is 0 Å². The molecule has 8 nitrogen and oxygen atoms in total. The number of allylic oxidation sites excluding steroid dienone is 2. The first kappa shape index (κ1) is 15.5. The van der Waals surface area contributed by atoms with E-state index in [9.17, 15) is 20.2 Å². The summed E-state index contributed by atoms with van der Waals surface area (Å²) >= 11 is 0.865. The quantitative estimate of drug-likeness (QED) is 0.511. The zero-order valence-electron chi connectivity index (χ0n) is 11.7. The summed E-state index contributed by atoms with van der Waals surface area (Å²) in [6.07, 6.45) is 0. The fraction of sp³-hybridized carbons (Fsp3) is 0.231. The van der Waals surface area contributed by atoms with Gasteiger partial charge in [0.05, 0.1) is 23.5 Å². The van der Waals surface area contributed by atoms with Crippen LogP contribution >= 0.6 is 11.3 Å². The van der Waals surface area contributed by atoms with Gasteiger partial charge in [0.2, 0.25) is 5.88 Å². The lowest BCUT2D eigenvalue weighted by molar-refractivity contribution is -0.380. The van der Waals surface area contributed by atoms with Crippen LogP contribution in [-0.2, 0) is 14.3 Å². The van der Waals surface area contributed by atoms with Crippen LogP contribution in [-0.4, -0.2) is 18.0 Å². The van der Waals surface area contributed by atoms with Crippen LogP contribution in [0.25, 0.3) is 0 Å². The first-order valence-corrected chi connectivity index (χ1v) is 6.83.